The van der Waals surface area contributed by atoms with E-state index in [0.29, 0.717) is 26.6 Å². The lowest BCUT2D eigenvalue weighted by atomic mass is 10.2. The van der Waals surface area contributed by atoms with Gasteiger partial charge in [-0.15, -0.1) is 16.4 Å². The molecule has 2 aromatic heterocycles. The zero-order valence-corrected chi connectivity index (χ0v) is 18.6. The minimum atomic E-state index is -0.478. The van der Waals surface area contributed by atoms with Crippen molar-refractivity contribution in [1.82, 2.24) is 20.2 Å². The number of carbonyl (C=O) groups is 1. The van der Waals surface area contributed by atoms with Gasteiger partial charge in [0.2, 0.25) is 5.16 Å². The van der Waals surface area contributed by atoms with Gasteiger partial charge in [-0.2, -0.15) is 4.68 Å². The van der Waals surface area contributed by atoms with E-state index >= 15 is 0 Å². The predicted octanol–water partition coefficient (Wildman–Crippen LogP) is 4.49. The fraction of sp³-hybridized carbons (Fsp3) is 0.143. The standard InChI is InChI=1S/C21H15ClN4O3S2/c1-28-16-10-4-3-9-15(16)26-21(23-24-25-26)30-13-7-6-12-29-20(27)19-18(22)14-8-2-5-11-17(14)31-19/h2-5,8-11H,12-13H2,1H3. The Morgan fingerprint density at radius 2 is 2.00 bits per heavy atom. The van der Waals surface area contributed by atoms with Crippen LogP contribution in [-0.4, -0.2) is 45.6 Å². The highest BCUT2D eigenvalue weighted by molar-refractivity contribution is 7.99. The van der Waals surface area contributed by atoms with Crippen LogP contribution in [0.4, 0.5) is 0 Å². The largest absolute Gasteiger partial charge is 0.494 e. The number of thioether (sulfide) groups is 1. The minimum absolute atomic E-state index is 0.0264. The topological polar surface area (TPSA) is 79.1 Å². The van der Waals surface area contributed by atoms with Gasteiger partial charge in [-0.25, -0.2) is 4.79 Å². The number of aromatic nitrogens is 4. The first-order valence-electron chi connectivity index (χ1n) is 9.03. The summed E-state index contributed by atoms with van der Waals surface area (Å²) in [6.45, 7) is -0.0264. The number of ether oxygens (including phenoxy) is 2. The number of hydrogen-bond donors (Lipinski definition) is 0. The third kappa shape index (κ3) is 4.66. The number of hydrogen-bond acceptors (Lipinski definition) is 8. The molecule has 0 fully saturated rings. The SMILES string of the molecule is COc1ccccc1-n1nnnc1SCC#CCOC(=O)c1sc2ccccc2c1Cl. The molecule has 0 aliphatic rings. The Bertz CT molecular complexity index is 1290. The van der Waals surface area contributed by atoms with E-state index in [0.717, 1.165) is 15.8 Å². The molecule has 0 saturated carbocycles. The molecule has 156 valence electrons. The number of halogens is 1. The van der Waals surface area contributed by atoms with Crippen LogP contribution in [-0.2, 0) is 4.74 Å². The third-order valence-electron chi connectivity index (χ3n) is 4.15. The van der Waals surface area contributed by atoms with Gasteiger partial charge in [0, 0.05) is 10.1 Å². The van der Waals surface area contributed by atoms with E-state index in [-0.39, 0.29) is 6.61 Å². The highest BCUT2D eigenvalue weighted by Crippen LogP contribution is 2.35. The molecule has 0 unspecified atom stereocenters. The summed E-state index contributed by atoms with van der Waals surface area (Å²) in [6, 6.07) is 15.0. The van der Waals surface area contributed by atoms with Crippen LogP contribution in [0.25, 0.3) is 15.8 Å². The van der Waals surface area contributed by atoms with E-state index in [1.807, 2.05) is 48.5 Å². The second-order valence-corrected chi connectivity index (χ2v) is 8.38. The Hall–Kier alpha value is -3.06. The molecule has 2 aromatic carbocycles. The van der Waals surface area contributed by atoms with Crippen LogP contribution in [0.2, 0.25) is 5.02 Å². The number of thiophene rings is 1. The molecular weight excluding hydrogens is 456 g/mol. The number of fused-ring (bicyclic) bond motifs is 1. The highest BCUT2D eigenvalue weighted by atomic mass is 35.5. The number of benzene rings is 2. The Morgan fingerprint density at radius 1 is 1.19 bits per heavy atom. The molecule has 0 radical (unpaired) electrons. The lowest BCUT2D eigenvalue weighted by Crippen LogP contribution is -2.03. The van der Waals surface area contributed by atoms with Crippen LogP contribution in [0.3, 0.4) is 0 Å². The Labute approximate surface area is 191 Å². The molecule has 4 rings (SSSR count). The average molecular weight is 471 g/mol. The van der Waals surface area contributed by atoms with Crippen molar-refractivity contribution in [1.29, 1.82) is 0 Å². The zero-order valence-electron chi connectivity index (χ0n) is 16.2. The van der Waals surface area contributed by atoms with Crippen molar-refractivity contribution in [2.24, 2.45) is 0 Å². The van der Waals surface area contributed by atoms with Crippen molar-refractivity contribution in [3.05, 3.63) is 58.4 Å². The first-order chi connectivity index (χ1) is 15.2. The molecule has 0 aliphatic carbocycles. The monoisotopic (exact) mass is 470 g/mol. The molecule has 0 aliphatic heterocycles. The van der Waals surface area contributed by atoms with Crippen molar-refractivity contribution < 1.29 is 14.3 Å². The normalized spacial score (nSPS) is 10.5. The van der Waals surface area contributed by atoms with Crippen molar-refractivity contribution >= 4 is 50.8 Å². The zero-order chi connectivity index (χ0) is 21.6. The molecule has 0 bridgehead atoms. The van der Waals surface area contributed by atoms with E-state index in [1.165, 1.54) is 23.1 Å². The van der Waals surface area contributed by atoms with Crippen LogP contribution in [0.5, 0.6) is 5.75 Å². The number of rotatable bonds is 6. The summed E-state index contributed by atoms with van der Waals surface area (Å²) in [7, 11) is 1.59. The van der Waals surface area contributed by atoms with Crippen LogP contribution in [0.15, 0.2) is 53.7 Å². The number of para-hydroxylation sites is 2. The van der Waals surface area contributed by atoms with Gasteiger partial charge in [0.1, 0.15) is 16.3 Å². The highest BCUT2D eigenvalue weighted by Gasteiger charge is 2.17. The van der Waals surface area contributed by atoms with Gasteiger partial charge in [-0.05, 0) is 28.6 Å². The summed E-state index contributed by atoms with van der Waals surface area (Å²) in [5.41, 5.74) is 0.736. The first kappa shape index (κ1) is 21.2. The smallest absolute Gasteiger partial charge is 0.350 e. The number of methoxy groups -OCH3 is 1. The summed E-state index contributed by atoms with van der Waals surface area (Å²) in [6.07, 6.45) is 0. The van der Waals surface area contributed by atoms with E-state index < -0.39 is 5.97 Å². The maximum atomic E-state index is 12.3. The Kier molecular flexibility index (Phi) is 6.72. The van der Waals surface area contributed by atoms with Gasteiger partial charge in [0.25, 0.3) is 0 Å². The minimum Gasteiger partial charge on any atom is -0.494 e. The van der Waals surface area contributed by atoms with Crippen molar-refractivity contribution in [2.45, 2.75) is 5.16 Å². The number of esters is 1. The van der Waals surface area contributed by atoms with Gasteiger partial charge in [-0.3, -0.25) is 0 Å². The van der Waals surface area contributed by atoms with Gasteiger partial charge in [-0.1, -0.05) is 65.5 Å². The maximum Gasteiger partial charge on any atom is 0.350 e. The molecular formula is C21H15ClN4O3S2. The second kappa shape index (κ2) is 9.83. The van der Waals surface area contributed by atoms with E-state index in [9.17, 15) is 4.79 Å². The summed E-state index contributed by atoms with van der Waals surface area (Å²) < 4.78 is 13.1. The molecule has 0 saturated heterocycles. The number of carbonyl (C=O) groups excluding carboxylic acids is 1. The molecule has 10 heteroatoms. The molecule has 0 amide bonds. The third-order valence-corrected chi connectivity index (χ3v) is 6.61. The van der Waals surface area contributed by atoms with Crippen LogP contribution < -0.4 is 4.74 Å². The number of tetrazole rings is 1. The molecule has 0 atom stereocenters. The van der Waals surface area contributed by atoms with Gasteiger partial charge < -0.3 is 9.47 Å². The molecule has 4 aromatic rings. The summed E-state index contributed by atoms with van der Waals surface area (Å²) in [5.74, 6) is 6.38. The molecule has 0 N–H and O–H groups in total. The lowest BCUT2D eigenvalue weighted by molar-refractivity contribution is 0.0562. The molecule has 31 heavy (non-hydrogen) atoms. The fourth-order valence-electron chi connectivity index (χ4n) is 2.74. The number of nitrogens with zero attached hydrogens (tertiary/aromatic N) is 4. The summed E-state index contributed by atoms with van der Waals surface area (Å²) >= 11 is 8.97. The molecule has 2 heterocycles. The van der Waals surface area contributed by atoms with Crippen molar-refractivity contribution in [3.63, 3.8) is 0 Å². The maximum absolute atomic E-state index is 12.3. The summed E-state index contributed by atoms with van der Waals surface area (Å²) in [5, 5.41) is 13.6. The van der Waals surface area contributed by atoms with E-state index in [2.05, 4.69) is 27.4 Å². The average Bonchev–Trinajstić information content (AvgIpc) is 3.40. The molecule has 7 nitrogen and oxygen atoms in total. The van der Waals surface area contributed by atoms with Crippen molar-refractivity contribution in [3.8, 4) is 23.3 Å². The predicted molar refractivity (Wildman–Crippen MR) is 121 cm³/mol. The lowest BCUT2D eigenvalue weighted by Gasteiger charge is -2.08. The van der Waals surface area contributed by atoms with Crippen molar-refractivity contribution in [2.75, 3.05) is 19.5 Å². The second-order valence-electron chi connectivity index (χ2n) is 6.00. The Morgan fingerprint density at radius 3 is 2.84 bits per heavy atom. The van der Waals surface area contributed by atoms with E-state index in [1.54, 1.807) is 11.8 Å². The van der Waals surface area contributed by atoms with Gasteiger partial charge in [0.05, 0.1) is 17.9 Å². The van der Waals surface area contributed by atoms with Crippen LogP contribution in [0, 0.1) is 11.8 Å². The summed E-state index contributed by atoms with van der Waals surface area (Å²) in [4.78, 5) is 12.7. The van der Waals surface area contributed by atoms with Crippen LogP contribution >= 0.6 is 34.7 Å². The fourth-order valence-corrected chi connectivity index (χ4v) is 4.80. The van der Waals surface area contributed by atoms with Gasteiger partial charge >= 0.3 is 5.97 Å². The molecule has 0 spiro atoms. The van der Waals surface area contributed by atoms with Gasteiger partial charge in [0.15, 0.2) is 6.61 Å². The van der Waals surface area contributed by atoms with E-state index in [4.69, 9.17) is 21.1 Å². The van der Waals surface area contributed by atoms with Crippen LogP contribution in [0.1, 0.15) is 9.67 Å². The quantitative estimate of drug-likeness (QED) is 0.233. The Balaban J connectivity index is 1.33. The first-order valence-corrected chi connectivity index (χ1v) is 11.2.